The highest BCUT2D eigenvalue weighted by molar-refractivity contribution is 5.86. The molecular formula is C23H38N2O5. The SMILES string of the molecule is C=CCCCCC(=O)OC[C@H](C)NC(=O)[C@H](CC=C)CC(=O)NC1(CO)CCCC1. The predicted octanol–water partition coefficient (Wildman–Crippen LogP) is 2.78. The maximum atomic E-state index is 12.6. The lowest BCUT2D eigenvalue weighted by molar-refractivity contribution is -0.145. The van der Waals surface area contributed by atoms with Crippen molar-refractivity contribution in [3.63, 3.8) is 0 Å². The molecule has 1 aliphatic carbocycles. The summed E-state index contributed by atoms with van der Waals surface area (Å²) in [5, 5.41) is 15.4. The van der Waals surface area contributed by atoms with Crippen LogP contribution >= 0.6 is 0 Å². The van der Waals surface area contributed by atoms with E-state index in [1.807, 2.05) is 6.08 Å². The smallest absolute Gasteiger partial charge is 0.305 e. The van der Waals surface area contributed by atoms with Gasteiger partial charge in [-0.05, 0) is 45.4 Å². The van der Waals surface area contributed by atoms with Crippen molar-refractivity contribution >= 4 is 17.8 Å². The van der Waals surface area contributed by atoms with Crippen molar-refractivity contribution in [3.8, 4) is 0 Å². The number of nitrogens with one attached hydrogen (secondary N) is 2. The number of esters is 1. The number of carbonyl (C=O) groups is 3. The van der Waals surface area contributed by atoms with E-state index in [2.05, 4.69) is 23.8 Å². The molecule has 2 atom stereocenters. The molecule has 170 valence electrons. The van der Waals surface area contributed by atoms with Gasteiger partial charge in [-0.1, -0.05) is 25.0 Å². The van der Waals surface area contributed by atoms with Crippen molar-refractivity contribution in [1.29, 1.82) is 0 Å². The van der Waals surface area contributed by atoms with Crippen molar-refractivity contribution in [3.05, 3.63) is 25.3 Å². The van der Waals surface area contributed by atoms with Crippen LogP contribution in [0.4, 0.5) is 0 Å². The molecule has 0 bridgehead atoms. The summed E-state index contributed by atoms with van der Waals surface area (Å²) < 4.78 is 5.22. The highest BCUT2D eigenvalue weighted by Crippen LogP contribution is 2.29. The van der Waals surface area contributed by atoms with Crippen molar-refractivity contribution in [2.75, 3.05) is 13.2 Å². The Balaban J connectivity index is 2.44. The van der Waals surface area contributed by atoms with Gasteiger partial charge < -0.3 is 20.5 Å². The summed E-state index contributed by atoms with van der Waals surface area (Å²) in [6, 6.07) is -0.358. The van der Waals surface area contributed by atoms with Gasteiger partial charge in [0.05, 0.1) is 24.1 Å². The average molecular weight is 423 g/mol. The van der Waals surface area contributed by atoms with Crippen LogP contribution in [0.3, 0.4) is 0 Å². The zero-order valence-corrected chi connectivity index (χ0v) is 18.3. The Morgan fingerprint density at radius 1 is 1.17 bits per heavy atom. The normalized spacial score (nSPS) is 16.9. The number of allylic oxidation sites excluding steroid dienone is 2. The van der Waals surface area contributed by atoms with Gasteiger partial charge in [0.15, 0.2) is 0 Å². The van der Waals surface area contributed by atoms with E-state index in [1.54, 1.807) is 13.0 Å². The average Bonchev–Trinajstić information content (AvgIpc) is 3.18. The second-order valence-electron chi connectivity index (χ2n) is 8.25. The van der Waals surface area contributed by atoms with Gasteiger partial charge in [0.1, 0.15) is 6.61 Å². The number of ether oxygens (including phenoxy) is 1. The largest absolute Gasteiger partial charge is 0.464 e. The van der Waals surface area contributed by atoms with Crippen molar-refractivity contribution < 1.29 is 24.2 Å². The van der Waals surface area contributed by atoms with Crippen LogP contribution in [0.15, 0.2) is 25.3 Å². The molecule has 3 N–H and O–H groups in total. The summed E-state index contributed by atoms with van der Waals surface area (Å²) in [5.74, 6) is -1.36. The zero-order chi connectivity index (χ0) is 22.4. The summed E-state index contributed by atoms with van der Waals surface area (Å²) in [6.07, 6.45) is 10.1. The van der Waals surface area contributed by atoms with E-state index in [4.69, 9.17) is 4.74 Å². The molecule has 0 saturated heterocycles. The first kappa shape index (κ1) is 25.9. The van der Waals surface area contributed by atoms with Gasteiger partial charge in [0.25, 0.3) is 0 Å². The van der Waals surface area contributed by atoms with Crippen LogP contribution in [-0.4, -0.2) is 47.7 Å². The number of rotatable bonds is 15. The zero-order valence-electron chi connectivity index (χ0n) is 18.3. The standard InChI is InChI=1S/C23H38N2O5/c1-4-6-7-8-12-21(28)30-16-18(3)24-22(29)19(11-5-2)15-20(27)25-23(17-26)13-9-10-14-23/h4-5,18-19,26H,1-2,6-17H2,3H3,(H,24,29)(H,25,27)/t18-,19+/m0/s1. The third-order valence-corrected chi connectivity index (χ3v) is 5.44. The van der Waals surface area contributed by atoms with Gasteiger partial charge in [0.2, 0.25) is 11.8 Å². The Kier molecular flexibility index (Phi) is 12.0. The Morgan fingerprint density at radius 2 is 1.87 bits per heavy atom. The molecule has 30 heavy (non-hydrogen) atoms. The molecule has 1 fully saturated rings. The Labute approximate surface area is 180 Å². The van der Waals surface area contributed by atoms with E-state index in [0.29, 0.717) is 12.8 Å². The first-order valence-corrected chi connectivity index (χ1v) is 11.0. The minimum absolute atomic E-state index is 0.0232. The maximum Gasteiger partial charge on any atom is 0.305 e. The van der Waals surface area contributed by atoms with Crippen LogP contribution in [0.2, 0.25) is 0 Å². The summed E-state index contributed by atoms with van der Waals surface area (Å²) in [5.41, 5.74) is -0.556. The first-order chi connectivity index (χ1) is 14.4. The quantitative estimate of drug-likeness (QED) is 0.214. The fourth-order valence-electron chi connectivity index (χ4n) is 3.68. The van der Waals surface area contributed by atoms with E-state index < -0.39 is 11.5 Å². The van der Waals surface area contributed by atoms with Crippen molar-refractivity contribution in [2.45, 2.75) is 82.7 Å². The molecule has 7 heteroatoms. The van der Waals surface area contributed by atoms with E-state index in [9.17, 15) is 19.5 Å². The van der Waals surface area contributed by atoms with E-state index in [0.717, 1.165) is 44.9 Å². The number of unbranched alkanes of at least 4 members (excludes halogenated alkanes) is 2. The molecule has 0 radical (unpaired) electrons. The third kappa shape index (κ3) is 9.57. The minimum atomic E-state index is -0.559. The molecule has 2 amide bonds. The van der Waals surface area contributed by atoms with Crippen LogP contribution < -0.4 is 10.6 Å². The van der Waals surface area contributed by atoms with Gasteiger partial charge >= 0.3 is 5.97 Å². The fourth-order valence-corrected chi connectivity index (χ4v) is 3.68. The molecular weight excluding hydrogens is 384 g/mol. The van der Waals surface area contributed by atoms with Crippen LogP contribution in [0.25, 0.3) is 0 Å². The molecule has 0 aromatic heterocycles. The first-order valence-electron chi connectivity index (χ1n) is 11.0. The third-order valence-electron chi connectivity index (χ3n) is 5.44. The number of hydrogen-bond acceptors (Lipinski definition) is 5. The molecule has 0 unspecified atom stereocenters. The number of carbonyl (C=O) groups excluding carboxylic acids is 3. The Bertz CT molecular complexity index is 584. The molecule has 1 rings (SSSR count). The second kappa shape index (κ2) is 14.0. The van der Waals surface area contributed by atoms with E-state index >= 15 is 0 Å². The van der Waals surface area contributed by atoms with Gasteiger partial charge in [-0.15, -0.1) is 13.2 Å². The minimum Gasteiger partial charge on any atom is -0.464 e. The predicted molar refractivity (Wildman–Crippen MR) is 117 cm³/mol. The lowest BCUT2D eigenvalue weighted by Crippen LogP contribution is -2.50. The number of aliphatic hydroxyl groups is 1. The van der Waals surface area contributed by atoms with Crippen LogP contribution in [0, 0.1) is 5.92 Å². The number of hydrogen-bond donors (Lipinski definition) is 3. The van der Waals surface area contributed by atoms with Gasteiger partial charge in [0, 0.05) is 12.8 Å². The topological polar surface area (TPSA) is 105 Å². The monoisotopic (exact) mass is 422 g/mol. The molecule has 1 saturated carbocycles. The number of aliphatic hydroxyl groups excluding tert-OH is 1. The Morgan fingerprint density at radius 3 is 2.47 bits per heavy atom. The summed E-state index contributed by atoms with van der Waals surface area (Å²) in [7, 11) is 0. The lowest BCUT2D eigenvalue weighted by Gasteiger charge is -2.29. The summed E-state index contributed by atoms with van der Waals surface area (Å²) in [6.45, 7) is 9.08. The molecule has 1 aliphatic rings. The van der Waals surface area contributed by atoms with Gasteiger partial charge in [-0.3, -0.25) is 14.4 Å². The maximum absolute atomic E-state index is 12.6. The van der Waals surface area contributed by atoms with Crippen LogP contribution in [-0.2, 0) is 19.1 Å². The van der Waals surface area contributed by atoms with Gasteiger partial charge in [-0.25, -0.2) is 0 Å². The molecule has 0 heterocycles. The molecule has 7 nitrogen and oxygen atoms in total. The Hall–Kier alpha value is -2.15. The van der Waals surface area contributed by atoms with Gasteiger partial charge in [-0.2, -0.15) is 0 Å². The molecule has 0 spiro atoms. The molecule has 0 aromatic rings. The molecule has 0 aromatic carbocycles. The number of amides is 2. The molecule has 0 aliphatic heterocycles. The lowest BCUT2D eigenvalue weighted by atomic mass is 9.95. The van der Waals surface area contributed by atoms with E-state index in [1.165, 1.54) is 0 Å². The summed E-state index contributed by atoms with van der Waals surface area (Å²) >= 11 is 0. The fraction of sp³-hybridized carbons (Fsp3) is 0.696. The second-order valence-corrected chi connectivity index (χ2v) is 8.25. The van der Waals surface area contributed by atoms with Crippen LogP contribution in [0.5, 0.6) is 0 Å². The summed E-state index contributed by atoms with van der Waals surface area (Å²) in [4.78, 5) is 36.9. The van der Waals surface area contributed by atoms with Crippen molar-refractivity contribution in [2.24, 2.45) is 5.92 Å². The van der Waals surface area contributed by atoms with Crippen molar-refractivity contribution in [1.82, 2.24) is 10.6 Å². The highest BCUT2D eigenvalue weighted by atomic mass is 16.5. The van der Waals surface area contributed by atoms with E-state index in [-0.39, 0.29) is 43.5 Å². The van der Waals surface area contributed by atoms with Crippen LogP contribution in [0.1, 0.15) is 71.1 Å². The highest BCUT2D eigenvalue weighted by Gasteiger charge is 2.35.